The van der Waals surface area contributed by atoms with Crippen molar-refractivity contribution in [2.75, 3.05) is 13.1 Å². The van der Waals surface area contributed by atoms with Gasteiger partial charge in [-0.25, -0.2) is 0 Å². The molecular weight excluding hydrogens is 268 g/mol. The minimum atomic E-state index is -2.87. The molecule has 0 fully saturated rings. The average molecular weight is 283 g/mol. The molecule has 0 radical (unpaired) electrons. The predicted molar refractivity (Wildman–Crippen MR) is 69.5 cm³/mol. The van der Waals surface area contributed by atoms with E-state index < -0.39 is 12.6 Å². The normalized spacial score (nSPS) is 12.2. The molecule has 0 aliphatic heterocycles. The van der Waals surface area contributed by atoms with Crippen molar-refractivity contribution in [2.24, 2.45) is 0 Å². The van der Waals surface area contributed by atoms with Gasteiger partial charge in [-0.15, -0.1) is 6.42 Å². The van der Waals surface area contributed by atoms with Crippen molar-refractivity contribution in [2.45, 2.75) is 19.6 Å². The Morgan fingerprint density at radius 2 is 2.05 bits per heavy atom. The zero-order valence-electron chi connectivity index (χ0n) is 10.9. The third kappa shape index (κ3) is 4.86. The molecule has 0 aliphatic rings. The number of hydrogen-bond donors (Lipinski definition) is 1. The first-order valence-corrected chi connectivity index (χ1v) is 5.88. The first-order chi connectivity index (χ1) is 9.43. The molecule has 0 aliphatic carbocycles. The Morgan fingerprint density at radius 3 is 2.50 bits per heavy atom. The van der Waals surface area contributed by atoms with Crippen LogP contribution >= 0.6 is 0 Å². The minimum absolute atomic E-state index is 0.0534. The number of carbonyl (C=O) groups is 1. The number of carboxylic acids is 1. The molecule has 0 amide bonds. The molecular formula is C14H15F2NO3. The van der Waals surface area contributed by atoms with Crippen LogP contribution in [0.4, 0.5) is 8.78 Å². The molecule has 1 rings (SSSR count). The molecule has 0 saturated heterocycles. The second kappa shape index (κ2) is 7.46. The third-order valence-electron chi connectivity index (χ3n) is 2.77. The Labute approximate surface area is 116 Å². The van der Waals surface area contributed by atoms with E-state index in [-0.39, 0.29) is 24.9 Å². The van der Waals surface area contributed by atoms with Crippen molar-refractivity contribution < 1.29 is 23.4 Å². The summed E-state index contributed by atoms with van der Waals surface area (Å²) in [4.78, 5) is 12.4. The molecule has 0 saturated carbocycles. The third-order valence-corrected chi connectivity index (χ3v) is 2.77. The first-order valence-electron chi connectivity index (χ1n) is 5.88. The van der Waals surface area contributed by atoms with E-state index >= 15 is 0 Å². The van der Waals surface area contributed by atoms with E-state index in [1.54, 1.807) is 24.0 Å². The summed E-state index contributed by atoms with van der Waals surface area (Å²) < 4.78 is 28.3. The standard InChI is InChI=1S/C14H15F2NO3/c1-3-8-17(9-13(18)19)10(2)11-4-6-12(7-5-11)20-14(15)16/h1,4-7,10,14H,8-9H2,2H3,(H,18,19). The van der Waals surface area contributed by atoms with E-state index in [0.29, 0.717) is 0 Å². The quantitative estimate of drug-likeness (QED) is 0.780. The summed E-state index contributed by atoms with van der Waals surface area (Å²) in [6.45, 7) is -1.09. The van der Waals surface area contributed by atoms with Gasteiger partial charge < -0.3 is 9.84 Å². The number of carboxylic acid groups (broad SMARTS) is 1. The Hall–Kier alpha value is -2.13. The van der Waals surface area contributed by atoms with Crippen LogP contribution in [0.1, 0.15) is 18.5 Å². The number of ether oxygens (including phenoxy) is 1. The number of alkyl halides is 2. The molecule has 0 spiro atoms. The number of benzene rings is 1. The number of rotatable bonds is 7. The smallest absolute Gasteiger partial charge is 0.387 e. The van der Waals surface area contributed by atoms with Gasteiger partial charge in [0.2, 0.25) is 0 Å². The summed E-state index contributed by atoms with van der Waals surface area (Å²) >= 11 is 0. The lowest BCUT2D eigenvalue weighted by Crippen LogP contribution is -2.32. The molecule has 1 atom stereocenters. The van der Waals surface area contributed by atoms with Gasteiger partial charge >= 0.3 is 12.6 Å². The Balaban J connectivity index is 2.81. The first kappa shape index (κ1) is 15.9. The number of hydrogen-bond acceptors (Lipinski definition) is 3. The highest BCUT2D eigenvalue weighted by atomic mass is 19.3. The molecule has 108 valence electrons. The number of halogens is 2. The van der Waals surface area contributed by atoms with Gasteiger partial charge in [0.1, 0.15) is 5.75 Å². The fraction of sp³-hybridized carbons (Fsp3) is 0.357. The maximum absolute atomic E-state index is 12.0. The monoisotopic (exact) mass is 283 g/mol. The van der Waals surface area contributed by atoms with Crippen LogP contribution in [0.2, 0.25) is 0 Å². The van der Waals surface area contributed by atoms with Crippen LogP contribution in [0, 0.1) is 12.3 Å². The van der Waals surface area contributed by atoms with E-state index in [1.807, 2.05) is 0 Å². The van der Waals surface area contributed by atoms with E-state index in [0.717, 1.165) is 5.56 Å². The van der Waals surface area contributed by atoms with Crippen molar-refractivity contribution in [1.82, 2.24) is 4.90 Å². The lowest BCUT2D eigenvalue weighted by molar-refractivity contribution is -0.138. The lowest BCUT2D eigenvalue weighted by atomic mass is 10.1. The van der Waals surface area contributed by atoms with Gasteiger partial charge in [0, 0.05) is 6.04 Å². The second-order valence-corrected chi connectivity index (χ2v) is 4.13. The van der Waals surface area contributed by atoms with Gasteiger partial charge in [0.25, 0.3) is 0 Å². The Morgan fingerprint density at radius 1 is 1.45 bits per heavy atom. The van der Waals surface area contributed by atoms with Crippen LogP contribution in [0.15, 0.2) is 24.3 Å². The minimum Gasteiger partial charge on any atom is -0.480 e. The summed E-state index contributed by atoms with van der Waals surface area (Å²) in [5.74, 6) is 1.47. The maximum Gasteiger partial charge on any atom is 0.387 e. The number of nitrogens with zero attached hydrogens (tertiary/aromatic N) is 1. The largest absolute Gasteiger partial charge is 0.480 e. The van der Waals surface area contributed by atoms with Crippen molar-refractivity contribution in [3.05, 3.63) is 29.8 Å². The maximum atomic E-state index is 12.0. The van der Waals surface area contributed by atoms with Crippen LogP contribution in [-0.4, -0.2) is 35.7 Å². The van der Waals surface area contributed by atoms with Crippen LogP contribution < -0.4 is 4.74 Å². The van der Waals surface area contributed by atoms with Gasteiger partial charge in [0.05, 0.1) is 13.1 Å². The predicted octanol–water partition coefficient (Wildman–Crippen LogP) is 2.37. The molecule has 6 heteroatoms. The zero-order chi connectivity index (χ0) is 15.1. The highest BCUT2D eigenvalue weighted by Gasteiger charge is 2.17. The van der Waals surface area contributed by atoms with Crippen LogP contribution in [-0.2, 0) is 4.79 Å². The fourth-order valence-electron chi connectivity index (χ4n) is 1.76. The Kier molecular flexibility index (Phi) is 5.94. The van der Waals surface area contributed by atoms with Crippen LogP contribution in [0.25, 0.3) is 0 Å². The van der Waals surface area contributed by atoms with Crippen molar-refractivity contribution in [1.29, 1.82) is 0 Å². The van der Waals surface area contributed by atoms with Crippen molar-refractivity contribution in [3.8, 4) is 18.1 Å². The van der Waals surface area contributed by atoms with Gasteiger partial charge in [-0.1, -0.05) is 18.1 Å². The molecule has 1 aromatic rings. The zero-order valence-corrected chi connectivity index (χ0v) is 10.9. The molecule has 0 heterocycles. The number of aliphatic carboxylic acids is 1. The second-order valence-electron chi connectivity index (χ2n) is 4.13. The fourth-order valence-corrected chi connectivity index (χ4v) is 1.76. The highest BCUT2D eigenvalue weighted by Crippen LogP contribution is 2.23. The van der Waals surface area contributed by atoms with Gasteiger partial charge in [-0.3, -0.25) is 9.69 Å². The molecule has 0 aromatic heterocycles. The van der Waals surface area contributed by atoms with E-state index in [2.05, 4.69) is 10.7 Å². The SMILES string of the molecule is C#CCN(CC(=O)O)C(C)c1ccc(OC(F)F)cc1. The summed E-state index contributed by atoms with van der Waals surface area (Å²) in [6.07, 6.45) is 5.21. The topological polar surface area (TPSA) is 49.8 Å². The lowest BCUT2D eigenvalue weighted by Gasteiger charge is -2.25. The summed E-state index contributed by atoms with van der Waals surface area (Å²) in [5.41, 5.74) is 0.767. The molecule has 20 heavy (non-hydrogen) atoms. The van der Waals surface area contributed by atoms with Crippen LogP contribution in [0.5, 0.6) is 5.75 Å². The molecule has 1 aromatic carbocycles. The average Bonchev–Trinajstić information content (AvgIpc) is 2.37. The summed E-state index contributed by atoms with van der Waals surface area (Å²) in [7, 11) is 0. The molecule has 1 unspecified atom stereocenters. The molecule has 4 nitrogen and oxygen atoms in total. The highest BCUT2D eigenvalue weighted by molar-refractivity contribution is 5.69. The molecule has 0 bridgehead atoms. The van der Waals surface area contributed by atoms with Crippen LogP contribution in [0.3, 0.4) is 0 Å². The van der Waals surface area contributed by atoms with E-state index in [9.17, 15) is 13.6 Å². The van der Waals surface area contributed by atoms with Gasteiger partial charge in [0.15, 0.2) is 0 Å². The van der Waals surface area contributed by atoms with Gasteiger partial charge in [-0.2, -0.15) is 8.78 Å². The van der Waals surface area contributed by atoms with E-state index in [1.165, 1.54) is 12.1 Å². The van der Waals surface area contributed by atoms with Crippen molar-refractivity contribution >= 4 is 5.97 Å². The Bertz CT molecular complexity index is 482. The van der Waals surface area contributed by atoms with Gasteiger partial charge in [-0.05, 0) is 24.6 Å². The van der Waals surface area contributed by atoms with Crippen molar-refractivity contribution in [3.63, 3.8) is 0 Å². The summed E-state index contributed by atoms with van der Waals surface area (Å²) in [5, 5.41) is 8.84. The summed E-state index contributed by atoms with van der Waals surface area (Å²) in [6, 6.07) is 5.78. The number of terminal acetylenes is 1. The van der Waals surface area contributed by atoms with E-state index in [4.69, 9.17) is 11.5 Å². The molecule has 1 N–H and O–H groups in total.